The van der Waals surface area contributed by atoms with Crippen molar-refractivity contribution in [3.63, 3.8) is 0 Å². The molecule has 0 radical (unpaired) electrons. The number of nitrogens with zero attached hydrogens (tertiary/aromatic N) is 1. The third-order valence-corrected chi connectivity index (χ3v) is 4.27. The predicted octanol–water partition coefficient (Wildman–Crippen LogP) is 1.86. The molecule has 0 spiro atoms. The lowest BCUT2D eigenvalue weighted by Crippen LogP contribution is -2.35. The van der Waals surface area contributed by atoms with Crippen LogP contribution in [0.1, 0.15) is 10.4 Å². The molecule has 0 aliphatic heterocycles. The Bertz CT molecular complexity index is 1170. The average molecular weight is 398 g/mol. The summed E-state index contributed by atoms with van der Waals surface area (Å²) in [5.74, 6) is -1.40. The first-order chi connectivity index (χ1) is 13.8. The van der Waals surface area contributed by atoms with E-state index in [2.05, 4.69) is 5.32 Å². The van der Waals surface area contributed by atoms with Gasteiger partial charge in [0.2, 0.25) is 0 Å². The van der Waals surface area contributed by atoms with Gasteiger partial charge in [-0.3, -0.25) is 14.4 Å². The van der Waals surface area contributed by atoms with Crippen LogP contribution in [0.2, 0.25) is 0 Å². The number of pyridine rings is 1. The number of carbonyl (C=O) groups excluding carboxylic acids is 1. The standard InChI is InChI=1S/C20H18N2O7/c1-22-13-9-11(29-15-6-4-3-5-14(15)28-2)7-8-12(13)18(25)17(20(22)27)19(26)21-10-16(23)24/h3-9,25H,10H2,1-2H3,(H,21,26)(H,23,24). The lowest BCUT2D eigenvalue weighted by Gasteiger charge is -2.14. The molecule has 0 bridgehead atoms. The van der Waals surface area contributed by atoms with Crippen molar-refractivity contribution in [3.8, 4) is 23.0 Å². The van der Waals surface area contributed by atoms with E-state index in [1.54, 1.807) is 36.4 Å². The number of carboxylic acid groups (broad SMARTS) is 1. The molecule has 9 nitrogen and oxygen atoms in total. The summed E-state index contributed by atoms with van der Waals surface area (Å²) in [6, 6.07) is 11.6. The Morgan fingerprint density at radius 2 is 1.83 bits per heavy atom. The molecule has 3 aromatic rings. The number of rotatable bonds is 6. The molecule has 0 atom stereocenters. The first-order valence-corrected chi connectivity index (χ1v) is 8.50. The van der Waals surface area contributed by atoms with Gasteiger partial charge in [-0.1, -0.05) is 12.1 Å². The topological polar surface area (TPSA) is 127 Å². The third kappa shape index (κ3) is 3.84. The van der Waals surface area contributed by atoms with E-state index in [4.69, 9.17) is 14.6 Å². The predicted molar refractivity (Wildman–Crippen MR) is 104 cm³/mol. The Morgan fingerprint density at radius 1 is 1.14 bits per heavy atom. The number of hydrogen-bond donors (Lipinski definition) is 3. The molecule has 0 saturated heterocycles. The lowest BCUT2D eigenvalue weighted by molar-refractivity contribution is -0.135. The van der Waals surface area contributed by atoms with E-state index in [0.717, 1.165) is 0 Å². The van der Waals surface area contributed by atoms with E-state index >= 15 is 0 Å². The number of aromatic hydroxyl groups is 1. The third-order valence-electron chi connectivity index (χ3n) is 4.27. The summed E-state index contributed by atoms with van der Waals surface area (Å²) in [5.41, 5.74) is -0.971. The summed E-state index contributed by atoms with van der Waals surface area (Å²) in [6.45, 7) is -0.675. The number of hydrogen-bond acceptors (Lipinski definition) is 6. The molecule has 9 heteroatoms. The van der Waals surface area contributed by atoms with Gasteiger partial charge in [0.15, 0.2) is 11.5 Å². The number of fused-ring (bicyclic) bond motifs is 1. The van der Waals surface area contributed by atoms with Crippen LogP contribution in [-0.2, 0) is 11.8 Å². The summed E-state index contributed by atoms with van der Waals surface area (Å²) in [5, 5.41) is 21.5. The maximum atomic E-state index is 12.6. The molecule has 1 aromatic heterocycles. The number of benzene rings is 2. The van der Waals surface area contributed by atoms with Crippen molar-refractivity contribution in [1.29, 1.82) is 0 Å². The van der Waals surface area contributed by atoms with Crippen LogP contribution in [0, 0.1) is 0 Å². The number of aliphatic carboxylic acids is 1. The van der Waals surface area contributed by atoms with Gasteiger partial charge < -0.3 is 29.6 Å². The molecule has 0 unspecified atom stereocenters. The molecule has 0 saturated carbocycles. The second-order valence-electron chi connectivity index (χ2n) is 6.10. The Balaban J connectivity index is 2.05. The fourth-order valence-electron chi connectivity index (χ4n) is 2.84. The lowest BCUT2D eigenvalue weighted by atomic mass is 10.1. The number of carbonyl (C=O) groups is 2. The highest BCUT2D eigenvalue weighted by Crippen LogP contribution is 2.34. The Kier molecular flexibility index (Phi) is 5.40. The largest absolute Gasteiger partial charge is 0.506 e. The first kappa shape index (κ1) is 19.7. The molecule has 3 rings (SSSR count). The van der Waals surface area contributed by atoms with Crippen molar-refractivity contribution in [1.82, 2.24) is 9.88 Å². The maximum Gasteiger partial charge on any atom is 0.322 e. The minimum Gasteiger partial charge on any atom is -0.506 e. The molecule has 2 aromatic carbocycles. The number of amides is 1. The quantitative estimate of drug-likeness (QED) is 0.578. The Labute approximate surface area is 164 Å². The molecule has 150 valence electrons. The van der Waals surface area contributed by atoms with E-state index in [9.17, 15) is 19.5 Å². The van der Waals surface area contributed by atoms with Gasteiger partial charge >= 0.3 is 5.97 Å². The monoisotopic (exact) mass is 398 g/mol. The van der Waals surface area contributed by atoms with Crippen molar-refractivity contribution in [3.05, 3.63) is 58.4 Å². The minimum atomic E-state index is -1.27. The molecule has 0 aliphatic rings. The zero-order chi connectivity index (χ0) is 21.1. The Hall–Kier alpha value is -4.01. The number of ether oxygens (including phenoxy) is 2. The second-order valence-corrected chi connectivity index (χ2v) is 6.10. The first-order valence-electron chi connectivity index (χ1n) is 8.50. The second kappa shape index (κ2) is 7.93. The van der Waals surface area contributed by atoms with Gasteiger partial charge in [0.1, 0.15) is 23.6 Å². The highest BCUT2D eigenvalue weighted by Gasteiger charge is 2.22. The molecular formula is C20H18N2O7. The SMILES string of the molecule is COc1ccccc1Oc1ccc2c(O)c(C(=O)NCC(=O)O)c(=O)n(C)c2c1. The van der Waals surface area contributed by atoms with E-state index in [1.165, 1.54) is 24.8 Å². The van der Waals surface area contributed by atoms with Gasteiger partial charge in [0.25, 0.3) is 11.5 Å². The van der Waals surface area contributed by atoms with Crippen LogP contribution < -0.4 is 20.3 Å². The van der Waals surface area contributed by atoms with Crippen LogP contribution >= 0.6 is 0 Å². The fraction of sp³-hybridized carbons (Fsp3) is 0.150. The summed E-state index contributed by atoms with van der Waals surface area (Å²) in [6.07, 6.45) is 0. The molecule has 3 N–H and O–H groups in total. The zero-order valence-corrected chi connectivity index (χ0v) is 15.6. The number of aryl methyl sites for hydroxylation is 1. The molecule has 0 aliphatic carbocycles. The smallest absolute Gasteiger partial charge is 0.322 e. The number of carboxylic acids is 1. The van der Waals surface area contributed by atoms with Crippen LogP contribution in [0.3, 0.4) is 0 Å². The summed E-state index contributed by atoms with van der Waals surface area (Å²) >= 11 is 0. The molecule has 1 heterocycles. The van der Waals surface area contributed by atoms with Gasteiger partial charge in [0, 0.05) is 18.5 Å². The van der Waals surface area contributed by atoms with Gasteiger partial charge in [-0.15, -0.1) is 0 Å². The van der Waals surface area contributed by atoms with Gasteiger partial charge in [0.05, 0.1) is 12.6 Å². The van der Waals surface area contributed by atoms with Crippen molar-refractivity contribution >= 4 is 22.8 Å². The minimum absolute atomic E-state index is 0.236. The van der Waals surface area contributed by atoms with Gasteiger partial charge in [-0.05, 0) is 24.3 Å². The summed E-state index contributed by atoms with van der Waals surface area (Å²) in [7, 11) is 2.95. The van der Waals surface area contributed by atoms with Crippen molar-refractivity contribution in [2.45, 2.75) is 0 Å². The molecular weight excluding hydrogens is 380 g/mol. The van der Waals surface area contributed by atoms with Crippen LogP contribution in [0.25, 0.3) is 10.9 Å². The maximum absolute atomic E-state index is 12.6. The average Bonchev–Trinajstić information content (AvgIpc) is 2.71. The van der Waals surface area contributed by atoms with Crippen LogP contribution in [0.15, 0.2) is 47.3 Å². The molecule has 1 amide bonds. The number of para-hydroxylation sites is 2. The highest BCUT2D eigenvalue weighted by atomic mass is 16.5. The van der Waals surface area contributed by atoms with E-state index < -0.39 is 35.3 Å². The normalized spacial score (nSPS) is 10.6. The summed E-state index contributed by atoms with van der Waals surface area (Å²) < 4.78 is 12.2. The number of aromatic nitrogens is 1. The van der Waals surface area contributed by atoms with E-state index in [0.29, 0.717) is 22.8 Å². The van der Waals surface area contributed by atoms with Crippen LogP contribution in [-0.4, -0.2) is 40.3 Å². The number of methoxy groups -OCH3 is 1. The van der Waals surface area contributed by atoms with Crippen LogP contribution in [0.4, 0.5) is 0 Å². The van der Waals surface area contributed by atoms with Gasteiger partial charge in [-0.2, -0.15) is 0 Å². The fourth-order valence-corrected chi connectivity index (χ4v) is 2.84. The summed E-state index contributed by atoms with van der Waals surface area (Å²) in [4.78, 5) is 35.4. The van der Waals surface area contributed by atoms with Crippen molar-refractivity contribution in [2.24, 2.45) is 7.05 Å². The number of nitrogens with one attached hydrogen (secondary N) is 1. The van der Waals surface area contributed by atoms with Gasteiger partial charge in [-0.25, -0.2) is 0 Å². The molecule has 0 fully saturated rings. The van der Waals surface area contributed by atoms with Crippen molar-refractivity contribution < 1.29 is 29.3 Å². The van der Waals surface area contributed by atoms with E-state index in [-0.39, 0.29) is 5.39 Å². The zero-order valence-electron chi connectivity index (χ0n) is 15.6. The van der Waals surface area contributed by atoms with Crippen LogP contribution in [0.5, 0.6) is 23.0 Å². The van der Waals surface area contributed by atoms with E-state index in [1.807, 2.05) is 0 Å². The highest BCUT2D eigenvalue weighted by molar-refractivity contribution is 6.03. The molecule has 29 heavy (non-hydrogen) atoms. The van der Waals surface area contributed by atoms with Crippen molar-refractivity contribution in [2.75, 3.05) is 13.7 Å². The Morgan fingerprint density at radius 3 is 2.48 bits per heavy atom.